The van der Waals surface area contributed by atoms with Gasteiger partial charge in [0.1, 0.15) is 0 Å². The van der Waals surface area contributed by atoms with Crippen LogP contribution in [0.5, 0.6) is 0 Å². The van der Waals surface area contributed by atoms with Crippen molar-refractivity contribution in [2.24, 2.45) is 0 Å². The molecule has 0 unspecified atom stereocenters. The van der Waals surface area contributed by atoms with Gasteiger partial charge in [0.25, 0.3) is 0 Å². The molecule has 0 spiro atoms. The van der Waals surface area contributed by atoms with Gasteiger partial charge >= 0.3 is 154 Å². The van der Waals surface area contributed by atoms with Gasteiger partial charge in [-0.2, -0.15) is 0 Å². The van der Waals surface area contributed by atoms with Crippen molar-refractivity contribution in [3.63, 3.8) is 0 Å². The maximum atomic E-state index is 2.42. The summed E-state index contributed by atoms with van der Waals surface area (Å²) in [6, 6.07) is 37.7. The Labute approximate surface area is 154 Å². The van der Waals surface area contributed by atoms with Gasteiger partial charge in [-0.1, -0.05) is 0 Å². The molecule has 0 saturated carbocycles. The van der Waals surface area contributed by atoms with Gasteiger partial charge in [-0.15, -0.1) is 0 Å². The topological polar surface area (TPSA) is 0 Å². The molecule has 1 heteroatoms. The van der Waals surface area contributed by atoms with E-state index in [0.29, 0.717) is 4.71 Å². The van der Waals surface area contributed by atoms with Crippen LogP contribution >= 0.6 is 0 Å². The van der Waals surface area contributed by atoms with E-state index in [0.717, 1.165) is 0 Å². The van der Waals surface area contributed by atoms with Crippen LogP contribution in [0.1, 0.15) is 17.2 Å². The molecule has 25 heavy (non-hydrogen) atoms. The first-order valence-electron chi connectivity index (χ1n) is 8.71. The van der Waals surface area contributed by atoms with Crippen LogP contribution in [0.3, 0.4) is 0 Å². The van der Waals surface area contributed by atoms with Crippen molar-refractivity contribution >= 4 is 34.1 Å². The van der Waals surface area contributed by atoms with E-state index in [1.807, 2.05) is 0 Å². The van der Waals surface area contributed by atoms with Crippen molar-refractivity contribution in [1.82, 2.24) is 0 Å². The van der Waals surface area contributed by atoms with E-state index in [2.05, 4.69) is 110 Å². The zero-order chi connectivity index (χ0) is 17.1. The fraction of sp³-hybridized carbons (Fsp3) is 0.0833. The van der Waals surface area contributed by atoms with Gasteiger partial charge in [-0.3, -0.25) is 0 Å². The molecule has 0 fully saturated rings. The Morgan fingerprint density at radius 3 is 1.72 bits per heavy atom. The second-order valence-electron chi connectivity index (χ2n) is 6.29. The van der Waals surface area contributed by atoms with E-state index in [9.17, 15) is 0 Å². The van der Waals surface area contributed by atoms with Crippen LogP contribution in [0, 0.1) is 0 Å². The summed E-state index contributed by atoms with van der Waals surface area (Å²) in [5, 5.41) is 2.73. The predicted molar refractivity (Wildman–Crippen MR) is 110 cm³/mol. The van der Waals surface area contributed by atoms with Gasteiger partial charge in [0.2, 0.25) is 0 Å². The maximum absolute atomic E-state index is 2.42. The van der Waals surface area contributed by atoms with Crippen molar-refractivity contribution in [3.8, 4) is 0 Å². The van der Waals surface area contributed by atoms with Crippen molar-refractivity contribution in [2.45, 2.75) is 11.6 Å². The van der Waals surface area contributed by atoms with Crippen LogP contribution in [0.2, 0.25) is 0 Å². The molecule has 0 N–H and O–H groups in total. The molecule has 4 aromatic carbocycles. The van der Waals surface area contributed by atoms with E-state index in [4.69, 9.17) is 0 Å². The molecule has 1 atom stereocenters. The molecule has 0 radical (unpaired) electrons. The molecule has 0 saturated heterocycles. The Balaban J connectivity index is 1.87. The minimum absolute atomic E-state index is 0.531. The molecule has 0 amide bonds. The zero-order valence-electron chi connectivity index (χ0n) is 14.3. The monoisotopic (exact) mass is 384 g/mol. The third kappa shape index (κ3) is 3.28. The summed E-state index contributed by atoms with van der Waals surface area (Å²) in [5.74, 6) is 0. The molecule has 0 aromatic heterocycles. The Morgan fingerprint density at radius 1 is 0.560 bits per heavy atom. The summed E-state index contributed by atoms with van der Waals surface area (Å²) in [4.78, 5) is 0. The van der Waals surface area contributed by atoms with Crippen molar-refractivity contribution in [3.05, 3.63) is 109 Å². The summed E-state index contributed by atoms with van der Waals surface area (Å²) in [6.07, 6.45) is 0. The van der Waals surface area contributed by atoms with Crippen LogP contribution in [0.15, 0.2) is 103 Å². The molecule has 122 valence electrons. The first-order valence-corrected chi connectivity index (χ1v) is 11.7. The molecule has 0 aliphatic heterocycles. The Hall–Kier alpha value is -2.30. The third-order valence-electron chi connectivity index (χ3n) is 4.73. The average Bonchev–Trinajstić information content (AvgIpc) is 2.69. The summed E-state index contributed by atoms with van der Waals surface area (Å²) in [6.45, 7) is 2.42. The van der Waals surface area contributed by atoms with Crippen LogP contribution in [0.25, 0.3) is 10.8 Å². The van der Waals surface area contributed by atoms with Crippen LogP contribution in [0.4, 0.5) is 0 Å². The first-order chi connectivity index (χ1) is 12.3. The quantitative estimate of drug-likeness (QED) is 0.444. The van der Waals surface area contributed by atoms with E-state index in [1.54, 1.807) is 0 Å². The number of rotatable bonds is 4. The Kier molecular flexibility index (Phi) is 4.72. The number of hydrogen-bond acceptors (Lipinski definition) is 0. The first kappa shape index (κ1) is 16.2. The summed E-state index contributed by atoms with van der Waals surface area (Å²) in [7, 11) is 0. The van der Waals surface area contributed by atoms with Crippen LogP contribution in [-0.2, 0) is 0 Å². The fourth-order valence-corrected chi connectivity index (χ4v) is 9.16. The van der Waals surface area contributed by atoms with E-state index in [1.165, 1.54) is 25.0 Å². The number of hydrogen-bond donors (Lipinski definition) is 0. The standard InChI is InChI=1S/C24H21As/c1-19(23-18-10-12-20-11-8-9-17-24(20)23)25(21-13-4-2-5-14-21)22-15-6-3-7-16-22/h2-19H,1H3/t19-/m1/s1. The molecule has 0 bridgehead atoms. The Morgan fingerprint density at radius 2 is 1.08 bits per heavy atom. The van der Waals surface area contributed by atoms with Gasteiger partial charge in [-0.05, 0) is 0 Å². The average molecular weight is 384 g/mol. The SMILES string of the molecule is C[C@H](c1cccc2ccccc12)[As](c1ccccc1)c1ccccc1. The molecule has 0 aliphatic carbocycles. The molecule has 0 heterocycles. The van der Waals surface area contributed by atoms with Crippen LogP contribution in [-0.4, -0.2) is 14.7 Å². The van der Waals surface area contributed by atoms with E-state index < -0.39 is 14.7 Å². The van der Waals surface area contributed by atoms with Gasteiger partial charge in [0.15, 0.2) is 0 Å². The van der Waals surface area contributed by atoms with E-state index >= 15 is 0 Å². The molecule has 4 rings (SSSR count). The summed E-state index contributed by atoms with van der Waals surface area (Å²) in [5.41, 5.74) is 1.48. The van der Waals surface area contributed by atoms with Crippen molar-refractivity contribution in [2.75, 3.05) is 0 Å². The molecule has 0 aliphatic rings. The molecule has 4 aromatic rings. The van der Waals surface area contributed by atoms with Crippen molar-refractivity contribution in [1.29, 1.82) is 0 Å². The third-order valence-corrected chi connectivity index (χ3v) is 10.5. The van der Waals surface area contributed by atoms with Crippen molar-refractivity contribution < 1.29 is 0 Å². The molecule has 0 nitrogen and oxygen atoms in total. The normalized spacial score (nSPS) is 12.4. The zero-order valence-corrected chi connectivity index (χ0v) is 16.2. The van der Waals surface area contributed by atoms with Gasteiger partial charge < -0.3 is 0 Å². The van der Waals surface area contributed by atoms with Gasteiger partial charge in [0.05, 0.1) is 0 Å². The Bertz CT molecular complexity index is 916. The van der Waals surface area contributed by atoms with E-state index in [-0.39, 0.29) is 0 Å². The summed E-state index contributed by atoms with van der Waals surface area (Å²) >= 11 is -1.46. The second kappa shape index (κ2) is 7.29. The molecular weight excluding hydrogens is 363 g/mol. The molecular formula is C24H21As. The van der Waals surface area contributed by atoms with Gasteiger partial charge in [-0.25, -0.2) is 0 Å². The second-order valence-corrected chi connectivity index (χ2v) is 11.6. The number of benzene rings is 4. The minimum atomic E-state index is -1.46. The fourth-order valence-electron chi connectivity index (χ4n) is 3.53. The number of fused-ring (bicyclic) bond motifs is 1. The summed E-state index contributed by atoms with van der Waals surface area (Å²) < 4.78 is 3.56. The van der Waals surface area contributed by atoms with Gasteiger partial charge in [0, 0.05) is 0 Å². The predicted octanol–water partition coefficient (Wildman–Crippen LogP) is 4.79. The van der Waals surface area contributed by atoms with Crippen LogP contribution < -0.4 is 8.70 Å².